The molecule has 0 saturated heterocycles. The molecular formula is C23H20N4O2. The molecule has 0 unspecified atom stereocenters. The highest BCUT2D eigenvalue weighted by Gasteiger charge is 2.15. The van der Waals surface area contributed by atoms with Gasteiger partial charge in [0.1, 0.15) is 0 Å². The molecule has 0 aliphatic rings. The molecule has 29 heavy (non-hydrogen) atoms. The molecule has 2 N–H and O–H groups in total. The minimum absolute atomic E-state index is 0.115. The second-order valence-corrected chi connectivity index (χ2v) is 7.21. The number of para-hydroxylation sites is 2. The average molecular weight is 384 g/mol. The molecule has 5 rings (SSSR count). The zero-order chi connectivity index (χ0) is 20.0. The molecule has 0 aliphatic carbocycles. The van der Waals surface area contributed by atoms with Crippen molar-refractivity contribution < 1.29 is 0 Å². The standard InChI is InChI=1S/C23H20N4O2/c1-15-22-20(25-27(23(22)29)17-7-3-2-4-8-17)13-21(28)26(15)12-11-16-14-24-19-10-6-5-9-18(16)19/h2-10,13-14,24-25H,11-12H2,1H3. The molecule has 0 radical (unpaired) electrons. The maximum Gasteiger partial charge on any atom is 0.280 e. The number of fused-ring (bicyclic) bond motifs is 2. The fourth-order valence-electron chi connectivity index (χ4n) is 4.02. The first kappa shape index (κ1) is 17.3. The molecule has 2 aromatic carbocycles. The molecule has 144 valence electrons. The number of pyridine rings is 1. The highest BCUT2D eigenvalue weighted by molar-refractivity contribution is 5.83. The lowest BCUT2D eigenvalue weighted by Gasteiger charge is -2.09. The molecule has 5 aromatic rings. The number of hydrogen-bond donors (Lipinski definition) is 2. The maximum absolute atomic E-state index is 13.0. The van der Waals surface area contributed by atoms with Crippen molar-refractivity contribution in [2.45, 2.75) is 19.9 Å². The normalized spacial score (nSPS) is 11.5. The smallest absolute Gasteiger partial charge is 0.280 e. The summed E-state index contributed by atoms with van der Waals surface area (Å²) in [6, 6.07) is 19.0. The van der Waals surface area contributed by atoms with E-state index in [1.54, 1.807) is 4.57 Å². The highest BCUT2D eigenvalue weighted by Crippen LogP contribution is 2.19. The third-order valence-corrected chi connectivity index (χ3v) is 5.51. The number of rotatable bonds is 4. The first-order chi connectivity index (χ1) is 14.1. The monoisotopic (exact) mass is 384 g/mol. The molecule has 0 amide bonds. The van der Waals surface area contributed by atoms with E-state index in [4.69, 9.17) is 0 Å². The van der Waals surface area contributed by atoms with Crippen molar-refractivity contribution in [1.82, 2.24) is 19.3 Å². The maximum atomic E-state index is 13.0. The fourth-order valence-corrected chi connectivity index (χ4v) is 4.02. The van der Waals surface area contributed by atoms with Crippen molar-refractivity contribution >= 4 is 21.8 Å². The quantitative estimate of drug-likeness (QED) is 0.497. The molecule has 0 bridgehead atoms. The van der Waals surface area contributed by atoms with E-state index in [1.807, 2.05) is 61.7 Å². The van der Waals surface area contributed by atoms with Crippen LogP contribution in [0.5, 0.6) is 0 Å². The van der Waals surface area contributed by atoms with Gasteiger partial charge in [-0.25, -0.2) is 4.68 Å². The molecule has 3 aromatic heterocycles. The Morgan fingerprint density at radius 2 is 1.69 bits per heavy atom. The number of aromatic nitrogens is 4. The van der Waals surface area contributed by atoms with Crippen LogP contribution in [0.25, 0.3) is 27.5 Å². The van der Waals surface area contributed by atoms with Gasteiger partial charge in [-0.05, 0) is 37.1 Å². The lowest BCUT2D eigenvalue weighted by atomic mass is 10.1. The summed E-state index contributed by atoms with van der Waals surface area (Å²) < 4.78 is 3.18. The van der Waals surface area contributed by atoms with Crippen molar-refractivity contribution in [3.63, 3.8) is 0 Å². The summed E-state index contributed by atoms with van der Waals surface area (Å²) in [5, 5.41) is 4.78. The van der Waals surface area contributed by atoms with E-state index in [1.165, 1.54) is 10.7 Å². The Morgan fingerprint density at radius 3 is 2.52 bits per heavy atom. The average Bonchev–Trinajstić information content (AvgIpc) is 3.29. The van der Waals surface area contributed by atoms with Gasteiger partial charge in [0, 0.05) is 35.4 Å². The van der Waals surface area contributed by atoms with Gasteiger partial charge in [0.05, 0.1) is 16.6 Å². The van der Waals surface area contributed by atoms with Gasteiger partial charge in [-0.15, -0.1) is 0 Å². The summed E-state index contributed by atoms with van der Waals surface area (Å²) in [7, 11) is 0. The summed E-state index contributed by atoms with van der Waals surface area (Å²) in [6.45, 7) is 2.35. The number of H-pyrrole nitrogens is 2. The van der Waals surface area contributed by atoms with Gasteiger partial charge in [-0.1, -0.05) is 36.4 Å². The lowest BCUT2D eigenvalue weighted by molar-refractivity contribution is 0.656. The Kier molecular flexibility index (Phi) is 3.98. The van der Waals surface area contributed by atoms with Crippen LogP contribution in [0.1, 0.15) is 11.3 Å². The molecule has 6 nitrogen and oxygen atoms in total. The van der Waals surface area contributed by atoms with Crippen molar-refractivity contribution in [1.29, 1.82) is 0 Å². The van der Waals surface area contributed by atoms with E-state index in [0.717, 1.165) is 22.2 Å². The molecule has 0 aliphatic heterocycles. The summed E-state index contributed by atoms with van der Waals surface area (Å²) in [5.41, 5.74) is 3.96. The van der Waals surface area contributed by atoms with E-state index >= 15 is 0 Å². The Labute approximate surface area is 166 Å². The summed E-state index contributed by atoms with van der Waals surface area (Å²) >= 11 is 0. The van der Waals surface area contributed by atoms with Crippen LogP contribution >= 0.6 is 0 Å². The minimum Gasteiger partial charge on any atom is -0.361 e. The van der Waals surface area contributed by atoms with Crippen molar-refractivity contribution in [2.75, 3.05) is 0 Å². The summed E-state index contributed by atoms with van der Waals surface area (Å²) in [5.74, 6) is 0. The van der Waals surface area contributed by atoms with Crippen LogP contribution in [0, 0.1) is 6.92 Å². The first-order valence-corrected chi connectivity index (χ1v) is 9.59. The fraction of sp³-hybridized carbons (Fsp3) is 0.130. The van der Waals surface area contributed by atoms with Crippen LogP contribution in [-0.4, -0.2) is 19.3 Å². The largest absolute Gasteiger partial charge is 0.361 e. The zero-order valence-electron chi connectivity index (χ0n) is 16.0. The first-order valence-electron chi connectivity index (χ1n) is 9.59. The van der Waals surface area contributed by atoms with Gasteiger partial charge in [-0.3, -0.25) is 14.7 Å². The number of nitrogens with one attached hydrogen (secondary N) is 2. The van der Waals surface area contributed by atoms with E-state index in [2.05, 4.69) is 16.1 Å². The number of hydrogen-bond acceptors (Lipinski definition) is 2. The van der Waals surface area contributed by atoms with Gasteiger partial charge >= 0.3 is 0 Å². The van der Waals surface area contributed by atoms with E-state index in [9.17, 15) is 9.59 Å². The van der Waals surface area contributed by atoms with Crippen LogP contribution in [0.2, 0.25) is 0 Å². The lowest BCUT2D eigenvalue weighted by Crippen LogP contribution is -2.24. The third kappa shape index (κ3) is 2.81. The summed E-state index contributed by atoms with van der Waals surface area (Å²) in [6.07, 6.45) is 2.69. The van der Waals surface area contributed by atoms with Crippen LogP contribution < -0.4 is 11.1 Å². The number of benzene rings is 2. The van der Waals surface area contributed by atoms with Crippen molar-refractivity contribution in [3.8, 4) is 5.69 Å². The van der Waals surface area contributed by atoms with Crippen LogP contribution in [0.3, 0.4) is 0 Å². The van der Waals surface area contributed by atoms with Crippen LogP contribution in [0.15, 0.2) is 76.4 Å². The topological polar surface area (TPSA) is 75.6 Å². The van der Waals surface area contributed by atoms with E-state index < -0.39 is 0 Å². The predicted octanol–water partition coefficient (Wildman–Crippen LogP) is 3.51. The van der Waals surface area contributed by atoms with Gasteiger partial charge in [0.2, 0.25) is 0 Å². The molecule has 0 saturated carbocycles. The second-order valence-electron chi connectivity index (χ2n) is 7.21. The van der Waals surface area contributed by atoms with E-state index in [0.29, 0.717) is 29.6 Å². The molecule has 0 spiro atoms. The number of aryl methyl sites for hydroxylation is 2. The molecular weight excluding hydrogens is 364 g/mol. The highest BCUT2D eigenvalue weighted by atomic mass is 16.1. The van der Waals surface area contributed by atoms with Crippen molar-refractivity contribution in [3.05, 3.63) is 98.8 Å². The van der Waals surface area contributed by atoms with Crippen LogP contribution in [0.4, 0.5) is 0 Å². The second kappa shape index (κ2) is 6.67. The summed E-state index contributed by atoms with van der Waals surface area (Å²) in [4.78, 5) is 29.1. The minimum atomic E-state index is -0.149. The number of nitrogens with zero attached hydrogens (tertiary/aromatic N) is 2. The van der Waals surface area contributed by atoms with Crippen molar-refractivity contribution in [2.24, 2.45) is 0 Å². The SMILES string of the molecule is Cc1c2c(=O)n(-c3ccccc3)[nH]c2cc(=O)n1CCc1c[nH]c2ccccc12. The van der Waals surface area contributed by atoms with Crippen LogP contribution in [-0.2, 0) is 13.0 Å². The Hall–Kier alpha value is -3.80. The molecule has 0 atom stereocenters. The van der Waals surface area contributed by atoms with Gasteiger partial charge in [0.25, 0.3) is 11.1 Å². The third-order valence-electron chi connectivity index (χ3n) is 5.51. The molecule has 0 fully saturated rings. The zero-order valence-corrected chi connectivity index (χ0v) is 16.0. The molecule has 3 heterocycles. The Morgan fingerprint density at radius 1 is 0.931 bits per heavy atom. The Bertz CT molecular complexity index is 1450. The number of aromatic amines is 2. The van der Waals surface area contributed by atoms with E-state index in [-0.39, 0.29) is 11.1 Å². The van der Waals surface area contributed by atoms with Gasteiger partial charge in [0.15, 0.2) is 0 Å². The predicted molar refractivity (Wildman–Crippen MR) is 115 cm³/mol. The van der Waals surface area contributed by atoms with Gasteiger partial charge < -0.3 is 9.55 Å². The Balaban J connectivity index is 1.57. The van der Waals surface area contributed by atoms with Gasteiger partial charge in [-0.2, -0.15) is 0 Å². The molecule has 6 heteroatoms.